The van der Waals surface area contributed by atoms with E-state index in [1.54, 1.807) is 0 Å². The molecule has 0 heterocycles. The van der Waals surface area contributed by atoms with Gasteiger partial charge >= 0.3 is 0 Å². The molecule has 0 bridgehead atoms. The average Bonchev–Trinajstić information content (AvgIpc) is 2.32. The Hall–Kier alpha value is -0.600. The molecule has 1 aliphatic rings. The van der Waals surface area contributed by atoms with Crippen LogP contribution in [0.25, 0.3) is 0 Å². The lowest BCUT2D eigenvalue weighted by Crippen LogP contribution is -2.21. The molecule has 0 aromatic carbocycles. The van der Waals surface area contributed by atoms with Gasteiger partial charge in [0, 0.05) is 13.2 Å². The van der Waals surface area contributed by atoms with E-state index in [9.17, 15) is 0 Å². The predicted octanol–water partition coefficient (Wildman–Crippen LogP) is 3.20. The average molecular weight is 224 g/mol. The summed E-state index contributed by atoms with van der Waals surface area (Å²) in [5.74, 6) is 1.49. The van der Waals surface area contributed by atoms with Crippen molar-refractivity contribution in [1.82, 2.24) is 0 Å². The maximum absolute atomic E-state index is 5.49. The van der Waals surface area contributed by atoms with E-state index in [4.69, 9.17) is 9.47 Å². The van der Waals surface area contributed by atoms with Crippen molar-refractivity contribution in [3.8, 4) is 0 Å². The Morgan fingerprint density at radius 3 is 1.50 bits per heavy atom. The normalized spacial score (nSPS) is 25.2. The van der Waals surface area contributed by atoms with Crippen LogP contribution in [0.5, 0.6) is 0 Å². The van der Waals surface area contributed by atoms with E-state index in [1.165, 1.54) is 25.7 Å². The Kier molecular flexibility index (Phi) is 7.19. The van der Waals surface area contributed by atoms with Crippen LogP contribution in [0.2, 0.25) is 0 Å². The fourth-order valence-corrected chi connectivity index (χ4v) is 2.20. The highest BCUT2D eigenvalue weighted by molar-refractivity contribution is 4.74. The third-order valence-corrected chi connectivity index (χ3v) is 3.14. The van der Waals surface area contributed by atoms with Crippen LogP contribution in [-0.2, 0) is 9.47 Å². The number of ether oxygens (including phenoxy) is 2. The monoisotopic (exact) mass is 224 g/mol. The quantitative estimate of drug-likeness (QED) is 0.465. The Balaban J connectivity index is 2.04. The van der Waals surface area contributed by atoms with Gasteiger partial charge in [-0.2, -0.15) is 0 Å². The molecule has 1 saturated carbocycles. The number of rotatable bonds is 8. The van der Waals surface area contributed by atoms with E-state index in [0.717, 1.165) is 25.0 Å². The SMILES string of the molecule is C=CCOCC1CCC(COCC=C)CC1. The second kappa shape index (κ2) is 8.54. The van der Waals surface area contributed by atoms with Gasteiger partial charge in [-0.3, -0.25) is 0 Å². The van der Waals surface area contributed by atoms with E-state index < -0.39 is 0 Å². The van der Waals surface area contributed by atoms with Crippen LogP contribution in [-0.4, -0.2) is 26.4 Å². The van der Waals surface area contributed by atoms with Crippen molar-refractivity contribution in [3.63, 3.8) is 0 Å². The second-order valence-corrected chi connectivity index (χ2v) is 4.54. The minimum atomic E-state index is 0.683. The van der Waals surface area contributed by atoms with Crippen LogP contribution in [0.3, 0.4) is 0 Å². The Bertz CT molecular complexity index is 171. The zero-order chi connectivity index (χ0) is 11.6. The first kappa shape index (κ1) is 13.5. The van der Waals surface area contributed by atoms with Gasteiger partial charge in [-0.1, -0.05) is 12.2 Å². The molecule has 0 aliphatic heterocycles. The summed E-state index contributed by atoms with van der Waals surface area (Å²) in [5.41, 5.74) is 0. The van der Waals surface area contributed by atoms with Crippen LogP contribution in [0.15, 0.2) is 25.3 Å². The van der Waals surface area contributed by atoms with Crippen molar-refractivity contribution in [2.24, 2.45) is 11.8 Å². The van der Waals surface area contributed by atoms with Gasteiger partial charge in [0.05, 0.1) is 13.2 Å². The lowest BCUT2D eigenvalue weighted by molar-refractivity contribution is 0.0659. The summed E-state index contributed by atoms with van der Waals surface area (Å²) in [7, 11) is 0. The molecule has 0 N–H and O–H groups in total. The highest BCUT2D eigenvalue weighted by Gasteiger charge is 2.21. The summed E-state index contributed by atoms with van der Waals surface area (Å²) < 4.78 is 11.0. The number of hydrogen-bond donors (Lipinski definition) is 0. The minimum Gasteiger partial charge on any atom is -0.377 e. The van der Waals surface area contributed by atoms with E-state index >= 15 is 0 Å². The molecular formula is C14H24O2. The standard InChI is InChI=1S/C14H24O2/c1-3-9-15-11-13-5-7-14(8-6-13)12-16-10-4-2/h3-4,13-14H,1-2,5-12H2. The largest absolute Gasteiger partial charge is 0.377 e. The molecule has 0 radical (unpaired) electrons. The summed E-state index contributed by atoms with van der Waals surface area (Å²) >= 11 is 0. The van der Waals surface area contributed by atoms with Gasteiger partial charge in [0.2, 0.25) is 0 Å². The molecule has 2 nitrogen and oxygen atoms in total. The molecule has 1 fully saturated rings. The van der Waals surface area contributed by atoms with Gasteiger partial charge in [-0.05, 0) is 37.5 Å². The lowest BCUT2D eigenvalue weighted by atomic mass is 9.83. The molecule has 0 aromatic rings. The first-order chi connectivity index (χ1) is 7.86. The van der Waals surface area contributed by atoms with Gasteiger partial charge in [0.15, 0.2) is 0 Å². The minimum absolute atomic E-state index is 0.683. The van der Waals surface area contributed by atoms with Crippen LogP contribution in [0.1, 0.15) is 25.7 Å². The summed E-state index contributed by atoms with van der Waals surface area (Å²) in [4.78, 5) is 0. The van der Waals surface area contributed by atoms with Gasteiger partial charge in [-0.25, -0.2) is 0 Å². The smallest absolute Gasteiger partial charge is 0.0644 e. The van der Waals surface area contributed by atoms with Crippen molar-refractivity contribution in [2.45, 2.75) is 25.7 Å². The van der Waals surface area contributed by atoms with Gasteiger partial charge in [0.1, 0.15) is 0 Å². The van der Waals surface area contributed by atoms with Crippen molar-refractivity contribution in [2.75, 3.05) is 26.4 Å². The van der Waals surface area contributed by atoms with E-state index in [-0.39, 0.29) is 0 Å². The Labute approximate surface area is 99.3 Å². The zero-order valence-corrected chi connectivity index (χ0v) is 10.2. The van der Waals surface area contributed by atoms with Crippen molar-refractivity contribution in [3.05, 3.63) is 25.3 Å². The number of hydrogen-bond acceptors (Lipinski definition) is 2. The van der Waals surface area contributed by atoms with Gasteiger partial charge in [-0.15, -0.1) is 13.2 Å². The molecule has 16 heavy (non-hydrogen) atoms. The predicted molar refractivity (Wildman–Crippen MR) is 67.5 cm³/mol. The van der Waals surface area contributed by atoms with Gasteiger partial charge < -0.3 is 9.47 Å². The molecule has 2 heteroatoms. The van der Waals surface area contributed by atoms with Gasteiger partial charge in [0.25, 0.3) is 0 Å². The third kappa shape index (κ3) is 5.47. The van der Waals surface area contributed by atoms with E-state index in [2.05, 4.69) is 13.2 Å². The molecule has 0 saturated heterocycles. The summed E-state index contributed by atoms with van der Waals surface area (Å²) in [6, 6.07) is 0. The van der Waals surface area contributed by atoms with Crippen molar-refractivity contribution in [1.29, 1.82) is 0 Å². The zero-order valence-electron chi connectivity index (χ0n) is 10.2. The summed E-state index contributed by atoms with van der Waals surface area (Å²) in [6.07, 6.45) is 8.74. The summed E-state index contributed by atoms with van der Waals surface area (Å²) in [5, 5.41) is 0. The highest BCUT2D eigenvalue weighted by atomic mass is 16.5. The second-order valence-electron chi connectivity index (χ2n) is 4.54. The van der Waals surface area contributed by atoms with Crippen molar-refractivity contribution >= 4 is 0 Å². The van der Waals surface area contributed by atoms with Crippen LogP contribution in [0.4, 0.5) is 0 Å². The van der Waals surface area contributed by atoms with Crippen LogP contribution < -0.4 is 0 Å². The maximum Gasteiger partial charge on any atom is 0.0644 e. The molecular weight excluding hydrogens is 200 g/mol. The molecule has 92 valence electrons. The molecule has 0 atom stereocenters. The first-order valence-electron chi connectivity index (χ1n) is 6.24. The topological polar surface area (TPSA) is 18.5 Å². The Morgan fingerprint density at radius 1 is 0.812 bits per heavy atom. The Morgan fingerprint density at radius 2 is 1.19 bits per heavy atom. The van der Waals surface area contributed by atoms with E-state index in [0.29, 0.717) is 13.2 Å². The fraction of sp³-hybridized carbons (Fsp3) is 0.714. The molecule has 1 rings (SSSR count). The molecule has 0 amide bonds. The third-order valence-electron chi connectivity index (χ3n) is 3.14. The van der Waals surface area contributed by atoms with Crippen LogP contribution >= 0.6 is 0 Å². The lowest BCUT2D eigenvalue weighted by Gasteiger charge is -2.27. The maximum atomic E-state index is 5.49. The molecule has 1 aliphatic carbocycles. The molecule has 0 unspecified atom stereocenters. The fourth-order valence-electron chi connectivity index (χ4n) is 2.20. The van der Waals surface area contributed by atoms with Crippen LogP contribution in [0, 0.1) is 11.8 Å². The summed E-state index contributed by atoms with van der Waals surface area (Å²) in [6.45, 7) is 10.5. The highest BCUT2D eigenvalue weighted by Crippen LogP contribution is 2.29. The van der Waals surface area contributed by atoms with Crippen molar-refractivity contribution < 1.29 is 9.47 Å². The first-order valence-corrected chi connectivity index (χ1v) is 6.24. The molecule has 0 aromatic heterocycles. The molecule has 0 spiro atoms. The van der Waals surface area contributed by atoms with E-state index in [1.807, 2.05) is 12.2 Å².